The maximum atomic E-state index is 13.4. The van der Waals surface area contributed by atoms with Crippen molar-refractivity contribution < 1.29 is 22.4 Å². The van der Waals surface area contributed by atoms with Gasteiger partial charge in [-0.25, -0.2) is 4.39 Å². The Hall–Kier alpha value is -2.52. The van der Waals surface area contributed by atoms with Crippen LogP contribution in [0.4, 0.5) is 17.6 Å². The molecule has 2 rings (SSSR count). The predicted molar refractivity (Wildman–Crippen MR) is 56.7 cm³/mol. The minimum Gasteiger partial charge on any atom is -0.344 e. The van der Waals surface area contributed by atoms with Gasteiger partial charge in [0.05, 0.1) is 17.7 Å². The van der Waals surface area contributed by atoms with Gasteiger partial charge >= 0.3 is 6.18 Å². The van der Waals surface area contributed by atoms with Gasteiger partial charge in [-0.3, -0.25) is 4.79 Å². The van der Waals surface area contributed by atoms with Crippen LogP contribution in [0, 0.1) is 5.82 Å². The third-order valence-electron chi connectivity index (χ3n) is 2.33. The highest BCUT2D eigenvalue weighted by Crippen LogP contribution is 2.30. The lowest BCUT2D eigenvalue weighted by Gasteiger charge is -2.09. The summed E-state index contributed by atoms with van der Waals surface area (Å²) in [5.41, 5.74) is -1.81. The van der Waals surface area contributed by atoms with Crippen LogP contribution in [-0.4, -0.2) is 26.5 Å². The van der Waals surface area contributed by atoms with Gasteiger partial charge in [0.25, 0.3) is 5.91 Å². The molecule has 0 aliphatic heterocycles. The molecule has 0 bridgehead atoms. The number of rotatable bonds is 3. The number of aromatic nitrogens is 4. The Bertz CT molecular complexity index is 611. The Kier molecular flexibility index (Phi) is 3.63. The Morgan fingerprint density at radius 2 is 2.10 bits per heavy atom. The van der Waals surface area contributed by atoms with Gasteiger partial charge in [0.15, 0.2) is 5.82 Å². The summed E-state index contributed by atoms with van der Waals surface area (Å²) < 4.78 is 50.9. The number of amides is 1. The second-order valence-corrected chi connectivity index (χ2v) is 3.70. The standard InChI is InChI=1S/C10H7F4N5O/c11-7-2-1-5(10(12,13)14)3-6(7)9(20)15-4-8-16-18-19-17-8/h1-3H,4H2,(H,15,20)(H,16,17,18,19). The Balaban J connectivity index is 2.16. The van der Waals surface area contributed by atoms with Gasteiger partial charge < -0.3 is 5.32 Å². The molecule has 2 aromatic rings. The van der Waals surface area contributed by atoms with Crippen LogP contribution in [-0.2, 0) is 12.7 Å². The number of hydrogen-bond acceptors (Lipinski definition) is 4. The minimum atomic E-state index is -4.66. The van der Waals surface area contributed by atoms with Crippen LogP contribution >= 0.6 is 0 Å². The van der Waals surface area contributed by atoms with Crippen LogP contribution in [0.25, 0.3) is 0 Å². The Labute approximate surface area is 109 Å². The second-order valence-electron chi connectivity index (χ2n) is 3.70. The van der Waals surface area contributed by atoms with E-state index < -0.39 is 29.0 Å². The van der Waals surface area contributed by atoms with Crippen LogP contribution in [0.1, 0.15) is 21.7 Å². The maximum absolute atomic E-state index is 13.4. The molecule has 0 saturated heterocycles. The topological polar surface area (TPSA) is 83.6 Å². The van der Waals surface area contributed by atoms with Gasteiger partial charge in [-0.05, 0) is 18.2 Å². The Morgan fingerprint density at radius 1 is 1.35 bits per heavy atom. The molecule has 0 unspecified atom stereocenters. The molecule has 20 heavy (non-hydrogen) atoms. The highest BCUT2D eigenvalue weighted by Gasteiger charge is 2.31. The third kappa shape index (κ3) is 3.08. The molecule has 2 N–H and O–H groups in total. The summed E-state index contributed by atoms with van der Waals surface area (Å²) in [4.78, 5) is 11.6. The van der Waals surface area contributed by atoms with Gasteiger partial charge in [0.2, 0.25) is 0 Å². The summed E-state index contributed by atoms with van der Waals surface area (Å²) in [6.45, 7) is -0.189. The number of nitrogens with one attached hydrogen (secondary N) is 2. The van der Waals surface area contributed by atoms with E-state index in [1.807, 2.05) is 0 Å². The average Bonchev–Trinajstić information content (AvgIpc) is 2.88. The monoisotopic (exact) mass is 289 g/mol. The predicted octanol–water partition coefficient (Wildman–Crippen LogP) is 1.29. The molecule has 0 atom stereocenters. The second kappa shape index (κ2) is 5.23. The molecular weight excluding hydrogens is 282 g/mol. The maximum Gasteiger partial charge on any atom is 0.416 e. The normalized spacial score (nSPS) is 11.4. The molecule has 0 fully saturated rings. The van der Waals surface area contributed by atoms with Crippen LogP contribution in [0.3, 0.4) is 0 Å². The quantitative estimate of drug-likeness (QED) is 0.834. The fraction of sp³-hybridized carbons (Fsp3) is 0.200. The van der Waals surface area contributed by atoms with E-state index in [0.29, 0.717) is 18.2 Å². The van der Waals surface area contributed by atoms with Crippen molar-refractivity contribution in [3.8, 4) is 0 Å². The molecule has 1 heterocycles. The van der Waals surface area contributed by atoms with Crippen molar-refractivity contribution in [3.63, 3.8) is 0 Å². The number of carbonyl (C=O) groups is 1. The minimum absolute atomic E-state index is 0.116. The number of nitrogens with zero attached hydrogens (tertiary/aromatic N) is 3. The first-order valence-electron chi connectivity index (χ1n) is 5.25. The lowest BCUT2D eigenvalue weighted by molar-refractivity contribution is -0.137. The van der Waals surface area contributed by atoms with Crippen molar-refractivity contribution in [2.45, 2.75) is 12.7 Å². The van der Waals surface area contributed by atoms with Gasteiger partial charge in [-0.15, -0.1) is 10.2 Å². The molecule has 1 aromatic heterocycles. The number of halogens is 4. The molecule has 6 nitrogen and oxygen atoms in total. The smallest absolute Gasteiger partial charge is 0.344 e. The first kappa shape index (κ1) is 13.9. The zero-order chi connectivity index (χ0) is 14.8. The van der Waals surface area contributed by atoms with E-state index in [2.05, 4.69) is 25.9 Å². The summed E-state index contributed by atoms with van der Waals surface area (Å²) in [7, 11) is 0. The molecule has 0 spiro atoms. The summed E-state index contributed by atoms with van der Waals surface area (Å²) >= 11 is 0. The van der Waals surface area contributed by atoms with E-state index in [9.17, 15) is 22.4 Å². The number of tetrazole rings is 1. The van der Waals surface area contributed by atoms with E-state index in [4.69, 9.17) is 0 Å². The van der Waals surface area contributed by atoms with Crippen molar-refractivity contribution in [1.29, 1.82) is 0 Å². The van der Waals surface area contributed by atoms with Crippen molar-refractivity contribution in [2.75, 3.05) is 0 Å². The molecule has 0 aliphatic rings. The van der Waals surface area contributed by atoms with Crippen molar-refractivity contribution in [3.05, 3.63) is 41.0 Å². The molecule has 0 radical (unpaired) electrons. The Morgan fingerprint density at radius 3 is 2.70 bits per heavy atom. The van der Waals surface area contributed by atoms with Crippen molar-refractivity contribution >= 4 is 5.91 Å². The number of carbonyl (C=O) groups excluding carboxylic acids is 1. The third-order valence-corrected chi connectivity index (χ3v) is 2.33. The average molecular weight is 289 g/mol. The van der Waals surface area contributed by atoms with Gasteiger partial charge in [-0.2, -0.15) is 18.4 Å². The summed E-state index contributed by atoms with van der Waals surface area (Å²) in [6.07, 6.45) is -4.66. The zero-order valence-electron chi connectivity index (χ0n) is 9.70. The van der Waals surface area contributed by atoms with E-state index in [1.165, 1.54) is 0 Å². The highest BCUT2D eigenvalue weighted by atomic mass is 19.4. The highest BCUT2D eigenvalue weighted by molar-refractivity contribution is 5.94. The fourth-order valence-corrected chi connectivity index (χ4v) is 1.39. The van der Waals surface area contributed by atoms with E-state index in [-0.39, 0.29) is 12.4 Å². The molecule has 1 amide bonds. The molecular formula is C10H7F4N5O. The van der Waals surface area contributed by atoms with Crippen LogP contribution in [0.15, 0.2) is 18.2 Å². The summed E-state index contributed by atoms with van der Waals surface area (Å²) in [5, 5.41) is 14.6. The summed E-state index contributed by atoms with van der Waals surface area (Å²) in [5.74, 6) is -1.94. The van der Waals surface area contributed by atoms with E-state index in [0.717, 1.165) is 0 Å². The molecule has 1 aromatic carbocycles. The first-order valence-corrected chi connectivity index (χ1v) is 5.25. The fourth-order valence-electron chi connectivity index (χ4n) is 1.39. The number of hydrogen-bond donors (Lipinski definition) is 2. The number of benzene rings is 1. The van der Waals surface area contributed by atoms with Crippen LogP contribution in [0.2, 0.25) is 0 Å². The SMILES string of the molecule is O=C(NCc1nn[nH]n1)c1cc(C(F)(F)F)ccc1F. The van der Waals surface area contributed by atoms with E-state index >= 15 is 0 Å². The van der Waals surface area contributed by atoms with E-state index in [1.54, 1.807) is 0 Å². The first-order chi connectivity index (χ1) is 9.38. The van der Waals surface area contributed by atoms with Crippen LogP contribution < -0.4 is 5.32 Å². The van der Waals surface area contributed by atoms with Crippen molar-refractivity contribution in [2.24, 2.45) is 0 Å². The van der Waals surface area contributed by atoms with Crippen molar-refractivity contribution in [1.82, 2.24) is 25.9 Å². The van der Waals surface area contributed by atoms with Gasteiger partial charge in [-0.1, -0.05) is 5.21 Å². The molecule has 0 aliphatic carbocycles. The largest absolute Gasteiger partial charge is 0.416 e. The van der Waals surface area contributed by atoms with Gasteiger partial charge in [0, 0.05) is 0 Å². The number of H-pyrrole nitrogens is 1. The zero-order valence-corrected chi connectivity index (χ0v) is 9.70. The lowest BCUT2D eigenvalue weighted by atomic mass is 10.1. The van der Waals surface area contributed by atoms with Gasteiger partial charge in [0.1, 0.15) is 5.82 Å². The molecule has 0 saturated carbocycles. The summed E-state index contributed by atoms with van der Waals surface area (Å²) in [6, 6.07) is 1.60. The number of alkyl halides is 3. The molecule has 10 heteroatoms. The molecule has 106 valence electrons. The lowest BCUT2D eigenvalue weighted by Crippen LogP contribution is -2.25. The van der Waals surface area contributed by atoms with Crippen LogP contribution in [0.5, 0.6) is 0 Å². The number of aromatic amines is 1.